The van der Waals surface area contributed by atoms with Crippen LogP contribution in [0.15, 0.2) is 0 Å². The zero-order valence-corrected chi connectivity index (χ0v) is 8.41. The molecule has 0 aromatic heterocycles. The second-order valence-corrected chi connectivity index (χ2v) is 4.71. The average molecular weight is 173 g/mol. The topological polar surface area (TPSA) is 32.3 Å². The first kappa shape index (κ1) is 9.96. The molecular weight excluding hydrogens is 154 g/mol. The Kier molecular flexibility index (Phi) is 2.76. The molecule has 0 spiro atoms. The van der Waals surface area contributed by atoms with Gasteiger partial charge in [-0.3, -0.25) is 0 Å². The highest BCUT2D eigenvalue weighted by molar-refractivity contribution is 4.77. The van der Waals surface area contributed by atoms with Gasteiger partial charge in [-0.25, -0.2) is 0 Å². The van der Waals surface area contributed by atoms with Crippen molar-refractivity contribution in [3.63, 3.8) is 0 Å². The first-order valence-corrected chi connectivity index (χ1v) is 4.50. The van der Waals surface area contributed by atoms with E-state index in [1.807, 2.05) is 6.92 Å². The van der Waals surface area contributed by atoms with Crippen LogP contribution < -0.4 is 5.11 Å². The first-order chi connectivity index (χ1) is 5.38. The summed E-state index contributed by atoms with van der Waals surface area (Å²) in [6.07, 6.45) is 0.238. The van der Waals surface area contributed by atoms with Gasteiger partial charge < -0.3 is 14.3 Å². The third-order valence-electron chi connectivity index (χ3n) is 2.18. The molecule has 0 aromatic carbocycles. The second-order valence-electron chi connectivity index (χ2n) is 4.71. The number of likely N-dealkylation sites (N-methyl/N-ethyl adjacent to an activating group) is 1. The van der Waals surface area contributed by atoms with Crippen molar-refractivity contribution in [3.05, 3.63) is 0 Å². The summed E-state index contributed by atoms with van der Waals surface area (Å²) in [6.45, 7) is 2.80. The van der Waals surface area contributed by atoms with E-state index < -0.39 is 6.10 Å². The molecule has 0 radical (unpaired) electrons. The van der Waals surface area contributed by atoms with Crippen molar-refractivity contribution in [2.75, 3.05) is 27.7 Å². The normalized spacial score (nSPS) is 37.2. The molecule has 0 N–H and O–H groups in total. The summed E-state index contributed by atoms with van der Waals surface area (Å²) in [4.78, 5) is 0. The molecule has 0 aliphatic carbocycles. The zero-order valence-electron chi connectivity index (χ0n) is 8.41. The van der Waals surface area contributed by atoms with Crippen molar-refractivity contribution in [1.82, 2.24) is 0 Å². The van der Waals surface area contributed by atoms with E-state index in [0.29, 0.717) is 6.42 Å². The Balaban J connectivity index is 2.38. The zero-order chi connectivity index (χ0) is 9.35. The SMILES string of the molecule is C[C@@H]1O[C@H](C[N+](C)(C)C)C[C@@H]1[O-]. The lowest BCUT2D eigenvalue weighted by atomic mass is 10.1. The molecule has 1 saturated heterocycles. The summed E-state index contributed by atoms with van der Waals surface area (Å²) >= 11 is 0. The van der Waals surface area contributed by atoms with Crippen LogP contribution in [0.5, 0.6) is 0 Å². The minimum absolute atomic E-state index is 0.0958. The van der Waals surface area contributed by atoms with Crippen molar-refractivity contribution in [3.8, 4) is 0 Å². The highest BCUT2D eigenvalue weighted by Gasteiger charge is 2.28. The molecule has 1 aliphatic rings. The Bertz CT molecular complexity index is 143. The lowest BCUT2D eigenvalue weighted by Gasteiger charge is -2.27. The van der Waals surface area contributed by atoms with E-state index in [9.17, 15) is 5.11 Å². The van der Waals surface area contributed by atoms with Crippen LogP contribution in [0.25, 0.3) is 0 Å². The number of quaternary nitrogens is 1. The van der Waals surface area contributed by atoms with Crippen LogP contribution in [0.2, 0.25) is 0 Å². The van der Waals surface area contributed by atoms with E-state index in [4.69, 9.17) is 4.74 Å². The van der Waals surface area contributed by atoms with Gasteiger partial charge in [0.25, 0.3) is 0 Å². The smallest absolute Gasteiger partial charge is 0.106 e. The summed E-state index contributed by atoms with van der Waals surface area (Å²) in [7, 11) is 6.35. The molecule has 1 heterocycles. The fourth-order valence-corrected chi connectivity index (χ4v) is 1.63. The van der Waals surface area contributed by atoms with Gasteiger partial charge >= 0.3 is 0 Å². The molecule has 12 heavy (non-hydrogen) atoms. The molecular formula is C9H19NO2. The summed E-state index contributed by atoms with van der Waals surface area (Å²) < 4.78 is 6.39. The van der Waals surface area contributed by atoms with Crippen LogP contribution >= 0.6 is 0 Å². The number of rotatable bonds is 2. The average Bonchev–Trinajstić information content (AvgIpc) is 2.07. The van der Waals surface area contributed by atoms with Crippen molar-refractivity contribution in [2.24, 2.45) is 0 Å². The Morgan fingerprint density at radius 1 is 1.42 bits per heavy atom. The largest absolute Gasteiger partial charge is 0.850 e. The van der Waals surface area contributed by atoms with Crippen molar-refractivity contribution >= 4 is 0 Å². The minimum Gasteiger partial charge on any atom is -0.850 e. The Labute approximate surface area is 74.5 Å². The van der Waals surface area contributed by atoms with Gasteiger partial charge in [-0.15, -0.1) is 0 Å². The fraction of sp³-hybridized carbons (Fsp3) is 1.00. The van der Waals surface area contributed by atoms with Gasteiger partial charge in [0.1, 0.15) is 12.6 Å². The Morgan fingerprint density at radius 3 is 2.33 bits per heavy atom. The molecule has 1 rings (SSSR count). The van der Waals surface area contributed by atoms with Gasteiger partial charge in [-0.1, -0.05) is 6.10 Å². The minimum atomic E-state index is -0.512. The van der Waals surface area contributed by atoms with Gasteiger partial charge in [0.15, 0.2) is 0 Å². The van der Waals surface area contributed by atoms with E-state index >= 15 is 0 Å². The Hall–Kier alpha value is -0.120. The standard InChI is InChI=1S/C9H19NO2/c1-7-9(11)5-8(12-7)6-10(2,3)4/h7-9H,5-6H2,1-4H3/t7-,8-,9-/m0/s1. The summed E-state index contributed by atoms with van der Waals surface area (Å²) in [6, 6.07) is 0. The van der Waals surface area contributed by atoms with Crippen LogP contribution in [0.1, 0.15) is 13.3 Å². The molecule has 0 unspecified atom stereocenters. The summed E-state index contributed by atoms with van der Waals surface area (Å²) in [5.74, 6) is 0. The van der Waals surface area contributed by atoms with Gasteiger partial charge in [-0.05, 0) is 13.3 Å². The van der Waals surface area contributed by atoms with E-state index in [1.165, 1.54) is 0 Å². The van der Waals surface area contributed by atoms with Crippen LogP contribution in [-0.4, -0.2) is 50.5 Å². The van der Waals surface area contributed by atoms with E-state index in [2.05, 4.69) is 21.1 Å². The van der Waals surface area contributed by atoms with E-state index in [-0.39, 0.29) is 12.2 Å². The lowest BCUT2D eigenvalue weighted by Crippen LogP contribution is -2.41. The van der Waals surface area contributed by atoms with E-state index in [0.717, 1.165) is 11.0 Å². The van der Waals surface area contributed by atoms with Gasteiger partial charge in [0.05, 0.1) is 21.1 Å². The fourth-order valence-electron chi connectivity index (χ4n) is 1.63. The predicted octanol–water partition coefficient (Wildman–Crippen LogP) is -0.401. The molecule has 3 heteroatoms. The number of hydrogen-bond donors (Lipinski definition) is 0. The molecule has 72 valence electrons. The first-order valence-electron chi connectivity index (χ1n) is 4.50. The van der Waals surface area contributed by atoms with Crippen LogP contribution in [-0.2, 0) is 4.74 Å². The highest BCUT2D eigenvalue weighted by atomic mass is 16.5. The molecule has 0 aromatic rings. The molecule has 3 nitrogen and oxygen atoms in total. The van der Waals surface area contributed by atoms with Crippen molar-refractivity contribution in [2.45, 2.75) is 31.7 Å². The molecule has 0 amide bonds. The monoisotopic (exact) mass is 173 g/mol. The maximum absolute atomic E-state index is 11.2. The van der Waals surface area contributed by atoms with E-state index in [1.54, 1.807) is 0 Å². The molecule has 1 fully saturated rings. The van der Waals surface area contributed by atoms with Crippen molar-refractivity contribution < 1.29 is 14.3 Å². The third-order valence-corrected chi connectivity index (χ3v) is 2.18. The number of ether oxygens (including phenoxy) is 1. The summed E-state index contributed by atoms with van der Waals surface area (Å²) in [5.41, 5.74) is 0. The number of hydrogen-bond acceptors (Lipinski definition) is 2. The second kappa shape index (κ2) is 3.32. The molecule has 3 atom stereocenters. The number of nitrogens with zero attached hydrogens (tertiary/aromatic N) is 1. The molecule has 0 bridgehead atoms. The lowest BCUT2D eigenvalue weighted by molar-refractivity contribution is -0.873. The van der Waals surface area contributed by atoms with Gasteiger partial charge in [0.2, 0.25) is 0 Å². The van der Waals surface area contributed by atoms with Crippen LogP contribution in [0, 0.1) is 0 Å². The molecule has 1 aliphatic heterocycles. The van der Waals surface area contributed by atoms with Gasteiger partial charge in [0, 0.05) is 6.10 Å². The van der Waals surface area contributed by atoms with Gasteiger partial charge in [-0.2, -0.15) is 0 Å². The van der Waals surface area contributed by atoms with Crippen molar-refractivity contribution in [1.29, 1.82) is 0 Å². The Morgan fingerprint density at radius 2 is 2.00 bits per heavy atom. The third kappa shape index (κ3) is 2.73. The van der Waals surface area contributed by atoms with Crippen LogP contribution in [0.4, 0.5) is 0 Å². The predicted molar refractivity (Wildman–Crippen MR) is 45.6 cm³/mol. The maximum atomic E-state index is 11.2. The quantitative estimate of drug-likeness (QED) is 0.532. The van der Waals surface area contributed by atoms with Crippen LogP contribution in [0.3, 0.4) is 0 Å². The summed E-state index contributed by atoms with van der Waals surface area (Å²) in [5, 5.41) is 11.2. The molecule has 0 saturated carbocycles. The highest BCUT2D eigenvalue weighted by Crippen LogP contribution is 2.19. The maximum Gasteiger partial charge on any atom is 0.106 e.